The lowest BCUT2D eigenvalue weighted by molar-refractivity contribution is -0.135. The Hall–Kier alpha value is -1.90. The number of carbonyl (C=O) groups is 3. The maximum absolute atomic E-state index is 12.4. The molecule has 26 heavy (non-hydrogen) atoms. The molecule has 1 aromatic rings. The molecule has 1 aliphatic rings. The molecule has 1 aromatic heterocycles. The van der Waals surface area contributed by atoms with Crippen LogP contribution in [0.15, 0.2) is 18.2 Å². The third kappa shape index (κ3) is 7.15. The fourth-order valence-corrected chi connectivity index (χ4v) is 2.62. The summed E-state index contributed by atoms with van der Waals surface area (Å²) >= 11 is 0. The first-order valence-electron chi connectivity index (χ1n) is 7.98. The summed E-state index contributed by atoms with van der Waals surface area (Å²) in [6.07, 6.45) is 1.46. The van der Waals surface area contributed by atoms with Crippen LogP contribution >= 0.6 is 24.8 Å². The molecule has 146 valence electrons. The van der Waals surface area contributed by atoms with Gasteiger partial charge in [0.15, 0.2) is 0 Å². The molecule has 0 aliphatic carbocycles. The number of aryl methyl sites for hydroxylation is 1. The first-order valence-corrected chi connectivity index (χ1v) is 7.98. The molecule has 3 amide bonds. The molecule has 0 aromatic carbocycles. The van der Waals surface area contributed by atoms with E-state index in [1.807, 2.05) is 19.1 Å². The van der Waals surface area contributed by atoms with Gasteiger partial charge in [0.25, 0.3) is 0 Å². The summed E-state index contributed by atoms with van der Waals surface area (Å²) in [5.74, 6) is -0.492. The second kappa shape index (κ2) is 11.7. The van der Waals surface area contributed by atoms with E-state index in [0.29, 0.717) is 18.9 Å². The van der Waals surface area contributed by atoms with Crippen molar-refractivity contribution in [3.8, 4) is 0 Å². The molecule has 2 heterocycles. The number of halogens is 2. The molecule has 1 unspecified atom stereocenters. The summed E-state index contributed by atoms with van der Waals surface area (Å²) in [5.41, 5.74) is 6.01. The van der Waals surface area contributed by atoms with Crippen LogP contribution in [0.1, 0.15) is 18.5 Å². The van der Waals surface area contributed by atoms with Gasteiger partial charge >= 0.3 is 0 Å². The zero-order valence-corrected chi connectivity index (χ0v) is 16.2. The average Bonchev–Trinajstić information content (AvgIpc) is 2.59. The number of aromatic nitrogens is 1. The van der Waals surface area contributed by atoms with E-state index < -0.39 is 0 Å². The second-order valence-corrected chi connectivity index (χ2v) is 5.81. The number of nitrogens with zero attached hydrogens (tertiary/aromatic N) is 2. The molecule has 1 fully saturated rings. The minimum atomic E-state index is -0.375. The number of anilines is 1. The van der Waals surface area contributed by atoms with E-state index in [1.165, 1.54) is 0 Å². The normalized spacial score (nSPS) is 15.9. The SMILES string of the molecule is Cc1cccc(NC(=O)C2CCCN(C(=O)CNC(=O)CN)C2)n1.Cl.Cl. The van der Waals surface area contributed by atoms with Crippen molar-refractivity contribution < 1.29 is 14.4 Å². The number of carbonyl (C=O) groups excluding carboxylic acids is 3. The Kier molecular flexibility index (Phi) is 10.8. The molecule has 1 atom stereocenters. The lowest BCUT2D eigenvalue weighted by Gasteiger charge is -2.32. The van der Waals surface area contributed by atoms with Crippen LogP contribution in [0, 0.1) is 12.8 Å². The van der Waals surface area contributed by atoms with Crippen LogP contribution in [0.4, 0.5) is 5.82 Å². The number of likely N-dealkylation sites (tertiary alicyclic amines) is 1. The van der Waals surface area contributed by atoms with Gasteiger partial charge in [0.1, 0.15) is 5.82 Å². The molecule has 2 rings (SSSR count). The zero-order chi connectivity index (χ0) is 17.5. The predicted molar refractivity (Wildman–Crippen MR) is 103 cm³/mol. The van der Waals surface area contributed by atoms with E-state index in [1.54, 1.807) is 11.0 Å². The van der Waals surface area contributed by atoms with Crippen LogP contribution < -0.4 is 16.4 Å². The summed E-state index contributed by atoms with van der Waals surface area (Å²) < 4.78 is 0. The van der Waals surface area contributed by atoms with Gasteiger partial charge in [0, 0.05) is 18.8 Å². The van der Waals surface area contributed by atoms with E-state index in [0.717, 1.165) is 18.5 Å². The first-order chi connectivity index (χ1) is 11.5. The number of nitrogens with one attached hydrogen (secondary N) is 2. The minimum absolute atomic E-state index is 0. The fraction of sp³-hybridized carbons (Fsp3) is 0.500. The van der Waals surface area contributed by atoms with Crippen molar-refractivity contribution in [1.82, 2.24) is 15.2 Å². The van der Waals surface area contributed by atoms with Gasteiger partial charge in [-0.1, -0.05) is 6.07 Å². The lowest BCUT2D eigenvalue weighted by atomic mass is 9.97. The van der Waals surface area contributed by atoms with Gasteiger partial charge < -0.3 is 21.3 Å². The molecule has 4 N–H and O–H groups in total. The van der Waals surface area contributed by atoms with Crippen molar-refractivity contribution in [2.75, 3.05) is 31.5 Å². The molecular formula is C16H25Cl2N5O3. The molecule has 0 radical (unpaired) electrons. The first kappa shape index (κ1) is 24.1. The van der Waals surface area contributed by atoms with E-state index >= 15 is 0 Å². The third-order valence-corrected chi connectivity index (χ3v) is 3.91. The highest BCUT2D eigenvalue weighted by Crippen LogP contribution is 2.18. The predicted octanol–water partition coefficient (Wildman–Crippen LogP) is 0.486. The topological polar surface area (TPSA) is 117 Å². The van der Waals surface area contributed by atoms with Crippen LogP contribution in [0.5, 0.6) is 0 Å². The number of pyridine rings is 1. The highest BCUT2D eigenvalue weighted by molar-refractivity contribution is 5.92. The monoisotopic (exact) mass is 405 g/mol. The highest BCUT2D eigenvalue weighted by atomic mass is 35.5. The van der Waals surface area contributed by atoms with Crippen molar-refractivity contribution >= 4 is 48.4 Å². The number of hydrogen-bond acceptors (Lipinski definition) is 5. The Morgan fingerprint density at radius 1 is 1.31 bits per heavy atom. The standard InChI is InChI=1S/C16H23N5O3.2ClH/c1-11-4-2-6-13(19-11)20-16(24)12-5-3-7-21(10-12)15(23)9-18-14(22)8-17;;/h2,4,6,12H,3,5,7-10,17H2,1H3,(H,18,22)(H,19,20,24);2*1H. The van der Waals surface area contributed by atoms with Crippen molar-refractivity contribution in [2.24, 2.45) is 11.7 Å². The third-order valence-electron chi connectivity index (χ3n) is 3.91. The summed E-state index contributed by atoms with van der Waals surface area (Å²) in [5, 5.41) is 5.25. The summed E-state index contributed by atoms with van der Waals surface area (Å²) in [7, 11) is 0. The molecule has 1 saturated heterocycles. The van der Waals surface area contributed by atoms with Crippen LogP contribution in [0.3, 0.4) is 0 Å². The smallest absolute Gasteiger partial charge is 0.241 e. The van der Waals surface area contributed by atoms with Gasteiger partial charge in [-0.2, -0.15) is 0 Å². The fourth-order valence-electron chi connectivity index (χ4n) is 2.62. The highest BCUT2D eigenvalue weighted by Gasteiger charge is 2.28. The van der Waals surface area contributed by atoms with Gasteiger partial charge in [0.2, 0.25) is 17.7 Å². The van der Waals surface area contributed by atoms with E-state index in [2.05, 4.69) is 15.6 Å². The minimum Gasteiger partial charge on any atom is -0.346 e. The van der Waals surface area contributed by atoms with Gasteiger partial charge in [0.05, 0.1) is 19.0 Å². The molecule has 0 saturated carbocycles. The maximum atomic E-state index is 12.4. The van der Waals surface area contributed by atoms with Gasteiger partial charge in [-0.25, -0.2) is 4.98 Å². The largest absolute Gasteiger partial charge is 0.346 e. The zero-order valence-electron chi connectivity index (χ0n) is 14.6. The van der Waals surface area contributed by atoms with Crippen LogP contribution in [-0.4, -0.2) is 53.8 Å². The number of nitrogens with two attached hydrogens (primary N) is 1. The van der Waals surface area contributed by atoms with Gasteiger partial charge in [-0.15, -0.1) is 24.8 Å². The molecule has 8 nitrogen and oxygen atoms in total. The van der Waals surface area contributed by atoms with E-state index in [-0.39, 0.29) is 61.5 Å². The summed E-state index contributed by atoms with van der Waals surface area (Å²) in [6, 6.07) is 5.42. The quantitative estimate of drug-likeness (QED) is 0.658. The maximum Gasteiger partial charge on any atom is 0.241 e. The number of amides is 3. The summed E-state index contributed by atoms with van der Waals surface area (Å²) in [4.78, 5) is 41.5. The van der Waals surface area contributed by atoms with Crippen LogP contribution in [-0.2, 0) is 14.4 Å². The molecule has 0 spiro atoms. The number of piperidine rings is 1. The molecule has 1 aliphatic heterocycles. The van der Waals surface area contributed by atoms with Crippen molar-refractivity contribution in [1.29, 1.82) is 0 Å². The van der Waals surface area contributed by atoms with Gasteiger partial charge in [-0.05, 0) is 31.9 Å². The molecular weight excluding hydrogens is 381 g/mol. The Morgan fingerprint density at radius 3 is 2.69 bits per heavy atom. The molecule has 10 heteroatoms. The Bertz CT molecular complexity index is 630. The van der Waals surface area contributed by atoms with Crippen LogP contribution in [0.25, 0.3) is 0 Å². The van der Waals surface area contributed by atoms with Crippen LogP contribution in [0.2, 0.25) is 0 Å². The van der Waals surface area contributed by atoms with Gasteiger partial charge in [-0.3, -0.25) is 14.4 Å². The van der Waals surface area contributed by atoms with E-state index in [9.17, 15) is 14.4 Å². The number of hydrogen-bond donors (Lipinski definition) is 3. The van der Waals surface area contributed by atoms with Crippen molar-refractivity contribution in [2.45, 2.75) is 19.8 Å². The second-order valence-electron chi connectivity index (χ2n) is 5.81. The average molecular weight is 406 g/mol. The Labute approximate surface area is 165 Å². The molecule has 0 bridgehead atoms. The summed E-state index contributed by atoms with van der Waals surface area (Å²) in [6.45, 7) is 2.54. The lowest BCUT2D eigenvalue weighted by Crippen LogP contribution is -2.48. The van der Waals surface area contributed by atoms with Crippen molar-refractivity contribution in [3.05, 3.63) is 23.9 Å². The Morgan fingerprint density at radius 2 is 2.04 bits per heavy atom. The van der Waals surface area contributed by atoms with E-state index in [4.69, 9.17) is 5.73 Å². The Balaban J connectivity index is 0.00000312. The van der Waals surface area contributed by atoms with Crippen molar-refractivity contribution in [3.63, 3.8) is 0 Å². The number of rotatable bonds is 5.